The van der Waals surface area contributed by atoms with E-state index in [1.165, 1.54) is 0 Å². The predicted octanol–water partition coefficient (Wildman–Crippen LogP) is 0.942. The van der Waals surface area contributed by atoms with Gasteiger partial charge >= 0.3 is 0 Å². The summed E-state index contributed by atoms with van der Waals surface area (Å²) in [4.78, 5) is 31.1. The van der Waals surface area contributed by atoms with Crippen molar-refractivity contribution < 1.29 is 14.3 Å². The summed E-state index contributed by atoms with van der Waals surface area (Å²) in [5.41, 5.74) is 1.63. The first kappa shape index (κ1) is 18.1. The summed E-state index contributed by atoms with van der Waals surface area (Å²) in [6.07, 6.45) is 2.40. The van der Waals surface area contributed by atoms with E-state index < -0.39 is 0 Å². The molecule has 3 aliphatic rings. The molecule has 146 valence electrons. The molecule has 2 fully saturated rings. The number of carbonyl (C=O) groups is 2. The molecule has 3 aliphatic heterocycles. The fraction of sp³-hybridized carbons (Fsp3) is 0.600. The SMILES string of the molecule is CN1CC(CC(=O)N2CCNCC2)Oc2ccc(C(=O)N3CCCC3)cc21. The molecule has 2 saturated heterocycles. The van der Waals surface area contributed by atoms with Crippen LogP contribution >= 0.6 is 0 Å². The van der Waals surface area contributed by atoms with Crippen LogP contribution in [-0.4, -0.2) is 80.6 Å². The van der Waals surface area contributed by atoms with E-state index in [9.17, 15) is 9.59 Å². The highest BCUT2D eigenvalue weighted by atomic mass is 16.5. The van der Waals surface area contributed by atoms with Crippen molar-refractivity contribution in [3.05, 3.63) is 23.8 Å². The lowest BCUT2D eigenvalue weighted by molar-refractivity contribution is -0.133. The van der Waals surface area contributed by atoms with E-state index in [-0.39, 0.29) is 17.9 Å². The number of amides is 2. The second-order valence-electron chi connectivity index (χ2n) is 7.64. The molecule has 1 unspecified atom stereocenters. The summed E-state index contributed by atoms with van der Waals surface area (Å²) in [7, 11) is 1.99. The van der Waals surface area contributed by atoms with Crippen LogP contribution < -0.4 is 15.0 Å². The molecule has 0 aliphatic carbocycles. The van der Waals surface area contributed by atoms with Gasteiger partial charge in [0.15, 0.2) is 0 Å². The first-order valence-electron chi connectivity index (χ1n) is 9.91. The van der Waals surface area contributed by atoms with E-state index in [0.717, 1.165) is 63.5 Å². The molecule has 2 amide bonds. The number of hydrogen-bond donors (Lipinski definition) is 1. The number of carbonyl (C=O) groups excluding carboxylic acids is 2. The summed E-state index contributed by atoms with van der Waals surface area (Å²) in [5.74, 6) is 0.999. The van der Waals surface area contributed by atoms with E-state index in [4.69, 9.17) is 4.74 Å². The maximum Gasteiger partial charge on any atom is 0.253 e. The molecule has 1 N–H and O–H groups in total. The van der Waals surface area contributed by atoms with Gasteiger partial charge in [0, 0.05) is 51.9 Å². The quantitative estimate of drug-likeness (QED) is 0.856. The molecule has 0 aromatic heterocycles. The van der Waals surface area contributed by atoms with Gasteiger partial charge in [0.1, 0.15) is 11.9 Å². The van der Waals surface area contributed by atoms with E-state index >= 15 is 0 Å². The lowest BCUT2D eigenvalue weighted by Crippen LogP contribution is -2.48. The molecule has 0 spiro atoms. The first-order valence-corrected chi connectivity index (χ1v) is 9.91. The Bertz CT molecular complexity index is 711. The molecular formula is C20H28N4O3. The van der Waals surface area contributed by atoms with Gasteiger partial charge in [0.05, 0.1) is 18.7 Å². The highest BCUT2D eigenvalue weighted by Gasteiger charge is 2.29. The average molecular weight is 372 g/mol. The number of rotatable bonds is 3. The number of ether oxygens (including phenoxy) is 1. The molecule has 0 bridgehead atoms. The van der Waals surface area contributed by atoms with E-state index in [1.807, 2.05) is 35.0 Å². The fourth-order valence-electron chi connectivity index (χ4n) is 4.12. The number of nitrogens with one attached hydrogen (secondary N) is 1. The third kappa shape index (κ3) is 3.88. The van der Waals surface area contributed by atoms with Crippen molar-refractivity contribution in [1.82, 2.24) is 15.1 Å². The highest BCUT2D eigenvalue weighted by molar-refractivity contribution is 5.96. The van der Waals surface area contributed by atoms with Gasteiger partial charge in [-0.3, -0.25) is 9.59 Å². The van der Waals surface area contributed by atoms with Crippen molar-refractivity contribution >= 4 is 17.5 Å². The highest BCUT2D eigenvalue weighted by Crippen LogP contribution is 2.34. The molecule has 0 saturated carbocycles. The van der Waals surface area contributed by atoms with Crippen LogP contribution in [0.2, 0.25) is 0 Å². The van der Waals surface area contributed by atoms with Gasteiger partial charge in [-0.25, -0.2) is 0 Å². The van der Waals surface area contributed by atoms with Crippen molar-refractivity contribution in [2.24, 2.45) is 0 Å². The summed E-state index contributed by atoms with van der Waals surface area (Å²) in [5, 5.41) is 3.26. The molecule has 1 atom stereocenters. The minimum absolute atomic E-state index is 0.0970. The van der Waals surface area contributed by atoms with E-state index in [1.54, 1.807) is 0 Å². The monoisotopic (exact) mass is 372 g/mol. The summed E-state index contributed by atoms with van der Waals surface area (Å²) >= 11 is 0. The molecule has 7 heteroatoms. The van der Waals surface area contributed by atoms with Crippen LogP contribution in [0.4, 0.5) is 5.69 Å². The third-order valence-electron chi connectivity index (χ3n) is 5.65. The molecular weight excluding hydrogens is 344 g/mol. The zero-order valence-corrected chi connectivity index (χ0v) is 15.9. The lowest BCUT2D eigenvalue weighted by Gasteiger charge is -2.35. The van der Waals surface area contributed by atoms with Gasteiger partial charge < -0.3 is 24.8 Å². The van der Waals surface area contributed by atoms with Gasteiger partial charge in [-0.15, -0.1) is 0 Å². The van der Waals surface area contributed by atoms with Gasteiger partial charge in [0.2, 0.25) is 5.91 Å². The number of fused-ring (bicyclic) bond motifs is 1. The molecule has 27 heavy (non-hydrogen) atoms. The second kappa shape index (κ2) is 7.76. The van der Waals surface area contributed by atoms with Gasteiger partial charge in [-0.05, 0) is 31.0 Å². The smallest absolute Gasteiger partial charge is 0.253 e. The largest absolute Gasteiger partial charge is 0.486 e. The molecule has 1 aromatic carbocycles. The minimum Gasteiger partial charge on any atom is -0.486 e. The van der Waals surface area contributed by atoms with Crippen LogP contribution in [0.5, 0.6) is 5.75 Å². The molecule has 3 heterocycles. The van der Waals surface area contributed by atoms with Crippen LogP contribution in [0.3, 0.4) is 0 Å². The first-order chi connectivity index (χ1) is 13.1. The number of benzene rings is 1. The normalized spacial score (nSPS) is 22.4. The Morgan fingerprint density at radius 1 is 1.11 bits per heavy atom. The van der Waals surface area contributed by atoms with Gasteiger partial charge in [-0.2, -0.15) is 0 Å². The second-order valence-corrected chi connectivity index (χ2v) is 7.64. The number of piperazine rings is 1. The number of nitrogens with zero attached hydrogens (tertiary/aromatic N) is 3. The van der Waals surface area contributed by atoms with Crippen LogP contribution in [0.15, 0.2) is 18.2 Å². The summed E-state index contributed by atoms with van der Waals surface area (Å²) < 4.78 is 6.09. The molecule has 0 radical (unpaired) electrons. The van der Waals surface area contributed by atoms with Gasteiger partial charge in [0.25, 0.3) is 5.91 Å². The Labute approximate surface area is 160 Å². The van der Waals surface area contributed by atoms with Gasteiger partial charge in [-0.1, -0.05) is 0 Å². The molecule has 7 nitrogen and oxygen atoms in total. The fourth-order valence-corrected chi connectivity index (χ4v) is 4.12. The number of likely N-dealkylation sites (tertiary alicyclic amines) is 1. The Balaban J connectivity index is 1.43. The van der Waals surface area contributed by atoms with Crippen molar-refractivity contribution in [3.63, 3.8) is 0 Å². The van der Waals surface area contributed by atoms with Crippen LogP contribution in [-0.2, 0) is 4.79 Å². The molecule has 4 rings (SSSR count). The van der Waals surface area contributed by atoms with Crippen molar-refractivity contribution in [1.29, 1.82) is 0 Å². The van der Waals surface area contributed by atoms with E-state index in [2.05, 4.69) is 10.2 Å². The van der Waals surface area contributed by atoms with Crippen LogP contribution in [0.1, 0.15) is 29.6 Å². The van der Waals surface area contributed by atoms with Crippen LogP contribution in [0, 0.1) is 0 Å². The average Bonchev–Trinajstić information content (AvgIpc) is 3.23. The van der Waals surface area contributed by atoms with Crippen LogP contribution in [0.25, 0.3) is 0 Å². The number of hydrogen-bond acceptors (Lipinski definition) is 5. The Hall–Kier alpha value is -2.28. The lowest BCUT2D eigenvalue weighted by atomic mass is 10.1. The summed E-state index contributed by atoms with van der Waals surface area (Å²) in [6.45, 7) is 5.57. The number of anilines is 1. The Morgan fingerprint density at radius 3 is 2.59 bits per heavy atom. The topological polar surface area (TPSA) is 65.1 Å². The van der Waals surface area contributed by atoms with E-state index in [0.29, 0.717) is 18.5 Å². The van der Waals surface area contributed by atoms with Crippen molar-refractivity contribution in [2.45, 2.75) is 25.4 Å². The van der Waals surface area contributed by atoms with Crippen molar-refractivity contribution in [3.8, 4) is 5.75 Å². The third-order valence-corrected chi connectivity index (χ3v) is 5.65. The zero-order chi connectivity index (χ0) is 18.8. The van der Waals surface area contributed by atoms with Crippen molar-refractivity contribution in [2.75, 3.05) is 57.8 Å². The Kier molecular flexibility index (Phi) is 5.20. The maximum absolute atomic E-state index is 12.6. The molecule has 1 aromatic rings. The minimum atomic E-state index is -0.162. The standard InChI is InChI=1S/C20H28N4O3/c1-22-14-16(13-19(25)23-10-6-21-7-11-23)27-18-5-4-15(12-17(18)22)20(26)24-8-2-3-9-24/h4-5,12,16,21H,2-3,6-11,13-14H2,1H3. The Morgan fingerprint density at radius 2 is 1.85 bits per heavy atom. The summed E-state index contributed by atoms with van der Waals surface area (Å²) in [6, 6.07) is 5.63. The zero-order valence-electron chi connectivity index (χ0n) is 15.9. The predicted molar refractivity (Wildman–Crippen MR) is 103 cm³/mol. The maximum atomic E-state index is 12.6. The number of likely N-dealkylation sites (N-methyl/N-ethyl adjacent to an activating group) is 1.